The van der Waals surface area contributed by atoms with Gasteiger partial charge in [-0.2, -0.15) is 0 Å². The average molecular weight is 422 g/mol. The fraction of sp³-hybridized carbons (Fsp3) is 0.200. The van der Waals surface area contributed by atoms with Gasteiger partial charge < -0.3 is 4.74 Å². The van der Waals surface area contributed by atoms with Crippen LogP contribution in [0.15, 0.2) is 52.3 Å². The van der Waals surface area contributed by atoms with Gasteiger partial charge in [-0.25, -0.2) is 22.0 Å². The first-order chi connectivity index (χ1) is 12.4. The van der Waals surface area contributed by atoms with E-state index < -0.39 is 32.2 Å². The number of halogens is 3. The van der Waals surface area contributed by atoms with Gasteiger partial charge in [-0.15, -0.1) is 13.2 Å². The molecule has 2 aromatic carbocycles. The van der Waals surface area contributed by atoms with E-state index in [1.54, 1.807) is 0 Å². The van der Waals surface area contributed by atoms with Crippen LogP contribution in [0, 0.1) is 0 Å². The molecule has 1 aliphatic rings. The third-order valence-electron chi connectivity index (χ3n) is 3.86. The number of hydrogen-bond donors (Lipinski definition) is 1. The second-order valence-electron chi connectivity index (χ2n) is 5.69. The summed E-state index contributed by atoms with van der Waals surface area (Å²) in [5.41, 5.74) is 0.692. The van der Waals surface area contributed by atoms with E-state index in [0.29, 0.717) is 5.56 Å². The van der Waals surface area contributed by atoms with Crippen molar-refractivity contribution in [1.82, 2.24) is 0 Å². The molecule has 0 atom stereocenters. The van der Waals surface area contributed by atoms with Gasteiger partial charge >= 0.3 is 6.36 Å². The van der Waals surface area contributed by atoms with Crippen LogP contribution in [0.2, 0.25) is 0 Å². The molecule has 27 heavy (non-hydrogen) atoms. The minimum absolute atomic E-state index is 0.0100. The topological polar surface area (TPSA) is 107 Å². The zero-order valence-electron chi connectivity index (χ0n) is 13.5. The summed E-state index contributed by atoms with van der Waals surface area (Å²) in [5.74, 6) is -0.660. The Bertz CT molecular complexity index is 1100. The number of alkyl halides is 3. The number of ether oxygens (including phenoxy) is 1. The van der Waals surface area contributed by atoms with E-state index in [-0.39, 0.29) is 28.4 Å². The lowest BCUT2D eigenvalue weighted by Crippen LogP contribution is -2.29. The first-order valence-electron chi connectivity index (χ1n) is 7.42. The van der Waals surface area contributed by atoms with Crippen LogP contribution in [-0.4, -0.2) is 29.7 Å². The van der Waals surface area contributed by atoms with E-state index >= 15 is 0 Å². The van der Waals surface area contributed by atoms with Gasteiger partial charge in [0, 0.05) is 12.6 Å². The van der Waals surface area contributed by atoms with E-state index in [2.05, 4.69) is 4.74 Å². The summed E-state index contributed by atoms with van der Waals surface area (Å²) in [7, 11) is -8.12. The molecule has 7 nitrogen and oxygen atoms in total. The fourth-order valence-electron chi connectivity index (χ4n) is 2.73. The second kappa shape index (κ2) is 6.39. The first kappa shape index (κ1) is 19.5. The average Bonchev–Trinajstić information content (AvgIpc) is 2.96. The number of anilines is 1. The molecule has 0 saturated carbocycles. The maximum absolute atomic E-state index is 12.8. The zero-order chi connectivity index (χ0) is 20.0. The van der Waals surface area contributed by atoms with Gasteiger partial charge in [-0.3, -0.25) is 4.31 Å². The molecule has 2 N–H and O–H groups in total. The molecule has 2 aromatic rings. The highest BCUT2D eigenvalue weighted by atomic mass is 32.2. The lowest BCUT2D eigenvalue weighted by molar-refractivity contribution is -0.274. The van der Waals surface area contributed by atoms with Crippen LogP contribution in [0.4, 0.5) is 18.9 Å². The van der Waals surface area contributed by atoms with Gasteiger partial charge in [0.15, 0.2) is 0 Å². The van der Waals surface area contributed by atoms with Crippen LogP contribution >= 0.6 is 0 Å². The Morgan fingerprint density at radius 2 is 1.70 bits per heavy atom. The van der Waals surface area contributed by atoms with Gasteiger partial charge in [0.05, 0.1) is 15.5 Å². The Morgan fingerprint density at radius 3 is 2.33 bits per heavy atom. The summed E-state index contributed by atoms with van der Waals surface area (Å²) >= 11 is 0. The van der Waals surface area contributed by atoms with E-state index in [9.17, 15) is 30.0 Å². The SMILES string of the molecule is NS(=O)(=O)c1ccc2c(c1)CCN2S(=O)(=O)c1cccc(OC(F)(F)F)c1. The van der Waals surface area contributed by atoms with Crippen molar-refractivity contribution in [2.45, 2.75) is 22.6 Å². The van der Waals surface area contributed by atoms with E-state index in [1.807, 2.05) is 0 Å². The molecule has 0 amide bonds. The molecule has 146 valence electrons. The number of fused-ring (bicyclic) bond motifs is 1. The summed E-state index contributed by atoms with van der Waals surface area (Å²) in [6.07, 6.45) is -4.72. The molecule has 0 spiro atoms. The lowest BCUT2D eigenvalue weighted by Gasteiger charge is -2.20. The van der Waals surface area contributed by atoms with Gasteiger partial charge in [-0.1, -0.05) is 6.07 Å². The van der Waals surface area contributed by atoms with Crippen LogP contribution in [0.1, 0.15) is 5.56 Å². The Balaban J connectivity index is 1.98. The highest BCUT2D eigenvalue weighted by Gasteiger charge is 2.34. The predicted molar refractivity (Wildman–Crippen MR) is 89.2 cm³/mol. The van der Waals surface area contributed by atoms with Crippen molar-refractivity contribution in [1.29, 1.82) is 0 Å². The molecule has 0 radical (unpaired) electrons. The summed E-state index contributed by atoms with van der Waals surface area (Å²) in [6, 6.07) is 7.80. The van der Waals surface area contributed by atoms with Gasteiger partial charge in [-0.05, 0) is 42.3 Å². The van der Waals surface area contributed by atoms with Crippen LogP contribution < -0.4 is 14.2 Å². The monoisotopic (exact) mass is 422 g/mol. The normalized spacial score (nSPS) is 14.9. The first-order valence-corrected chi connectivity index (χ1v) is 10.4. The maximum Gasteiger partial charge on any atom is 0.573 e. The minimum atomic E-state index is -4.95. The minimum Gasteiger partial charge on any atom is -0.406 e. The Hall–Kier alpha value is -2.31. The molecular formula is C15H13F3N2O5S2. The van der Waals surface area contributed by atoms with Crippen molar-refractivity contribution in [2.75, 3.05) is 10.8 Å². The van der Waals surface area contributed by atoms with Crippen molar-refractivity contribution in [2.24, 2.45) is 5.14 Å². The Morgan fingerprint density at radius 1 is 1.00 bits per heavy atom. The van der Waals surface area contributed by atoms with Crippen molar-refractivity contribution in [3.63, 3.8) is 0 Å². The lowest BCUT2D eigenvalue weighted by atomic mass is 10.2. The van der Waals surface area contributed by atoms with E-state index in [4.69, 9.17) is 5.14 Å². The molecular weight excluding hydrogens is 409 g/mol. The van der Waals surface area contributed by atoms with Gasteiger partial charge in [0.2, 0.25) is 10.0 Å². The molecule has 0 unspecified atom stereocenters. The van der Waals surface area contributed by atoms with E-state index in [0.717, 1.165) is 28.6 Å². The number of nitrogens with two attached hydrogens (primary N) is 1. The molecule has 12 heteroatoms. The van der Waals surface area contributed by atoms with Crippen LogP contribution in [0.25, 0.3) is 0 Å². The number of hydrogen-bond acceptors (Lipinski definition) is 5. The zero-order valence-corrected chi connectivity index (χ0v) is 15.1. The summed E-state index contributed by atoms with van der Waals surface area (Å²) in [4.78, 5) is -0.534. The van der Waals surface area contributed by atoms with E-state index in [1.165, 1.54) is 18.2 Å². The van der Waals surface area contributed by atoms with Crippen LogP contribution in [0.3, 0.4) is 0 Å². The largest absolute Gasteiger partial charge is 0.573 e. The highest BCUT2D eigenvalue weighted by Crippen LogP contribution is 2.35. The van der Waals surface area contributed by atoms with Gasteiger partial charge in [0.1, 0.15) is 5.75 Å². The predicted octanol–water partition coefficient (Wildman–Crippen LogP) is 1.98. The van der Waals surface area contributed by atoms with Crippen LogP contribution in [0.5, 0.6) is 5.75 Å². The molecule has 0 fully saturated rings. The Labute approximate surface area is 153 Å². The van der Waals surface area contributed by atoms with Gasteiger partial charge in [0.25, 0.3) is 10.0 Å². The second-order valence-corrected chi connectivity index (χ2v) is 9.11. The van der Waals surface area contributed by atoms with Crippen molar-refractivity contribution in [3.8, 4) is 5.75 Å². The number of primary sulfonamides is 1. The molecule has 0 saturated heterocycles. The summed E-state index contributed by atoms with van der Waals surface area (Å²) in [6.45, 7) is 0.0100. The number of nitrogens with zero attached hydrogens (tertiary/aromatic N) is 1. The summed E-state index contributed by atoms with van der Waals surface area (Å²) in [5, 5.41) is 5.06. The van der Waals surface area contributed by atoms with Crippen LogP contribution in [-0.2, 0) is 26.5 Å². The fourth-order valence-corrected chi connectivity index (χ4v) is 4.84. The Kier molecular flexibility index (Phi) is 4.60. The number of sulfonamides is 2. The molecule has 1 heterocycles. The molecule has 0 aromatic heterocycles. The van der Waals surface area contributed by atoms with Crippen molar-refractivity contribution >= 4 is 25.7 Å². The molecule has 0 bridgehead atoms. The number of rotatable bonds is 4. The van der Waals surface area contributed by atoms with Crippen molar-refractivity contribution in [3.05, 3.63) is 48.0 Å². The molecule has 0 aliphatic carbocycles. The standard InChI is InChI=1S/C15H13F3N2O5S2/c16-15(17,18)25-11-2-1-3-13(9-11)27(23,24)20-7-6-10-8-12(26(19,21)22)4-5-14(10)20/h1-5,8-9H,6-7H2,(H2,19,21,22). The smallest absolute Gasteiger partial charge is 0.406 e. The third-order valence-corrected chi connectivity index (χ3v) is 6.58. The third kappa shape index (κ3) is 4.01. The summed E-state index contributed by atoms with van der Waals surface area (Å²) < 4.78 is 90.4. The maximum atomic E-state index is 12.8. The quantitative estimate of drug-likeness (QED) is 0.811. The number of benzene rings is 2. The highest BCUT2D eigenvalue weighted by molar-refractivity contribution is 7.92. The molecule has 1 aliphatic heterocycles. The molecule has 3 rings (SSSR count). The van der Waals surface area contributed by atoms with Crippen molar-refractivity contribution < 1.29 is 34.7 Å².